The molecule has 20 heavy (non-hydrogen) atoms. The van der Waals surface area contributed by atoms with Gasteiger partial charge in [-0.2, -0.15) is 5.10 Å². The maximum Gasteiger partial charge on any atom is 0.0568 e. The van der Waals surface area contributed by atoms with E-state index in [1.165, 1.54) is 36.2 Å². The molecule has 1 aliphatic carbocycles. The van der Waals surface area contributed by atoms with Crippen molar-refractivity contribution in [1.82, 2.24) is 9.78 Å². The Morgan fingerprint density at radius 2 is 1.85 bits per heavy atom. The molecule has 0 unspecified atom stereocenters. The highest BCUT2D eigenvalue weighted by molar-refractivity contribution is 5.73. The van der Waals surface area contributed by atoms with Crippen molar-refractivity contribution in [3.8, 4) is 11.1 Å². The summed E-state index contributed by atoms with van der Waals surface area (Å²) in [6, 6.07) is 6.86. The Labute approximate surface area is 121 Å². The lowest BCUT2D eigenvalue weighted by Crippen LogP contribution is -2.18. The molecule has 3 nitrogen and oxygen atoms in total. The van der Waals surface area contributed by atoms with Gasteiger partial charge in [0.05, 0.1) is 6.20 Å². The van der Waals surface area contributed by atoms with Gasteiger partial charge in [-0.25, -0.2) is 0 Å². The third kappa shape index (κ3) is 1.92. The molecule has 1 aliphatic heterocycles. The van der Waals surface area contributed by atoms with E-state index in [1.54, 1.807) is 5.56 Å². The highest BCUT2D eigenvalue weighted by Gasteiger charge is 2.50. The first kappa shape index (κ1) is 13.2. The van der Waals surface area contributed by atoms with Gasteiger partial charge >= 0.3 is 0 Å². The van der Waals surface area contributed by atoms with Crippen molar-refractivity contribution < 1.29 is 0 Å². The van der Waals surface area contributed by atoms with Gasteiger partial charge in [-0.15, -0.1) is 0 Å². The van der Waals surface area contributed by atoms with Crippen LogP contribution in [0.1, 0.15) is 32.3 Å². The molecule has 3 heteroatoms. The lowest BCUT2D eigenvalue weighted by Gasteiger charge is -2.11. The molecular weight excluding hydrogens is 246 g/mol. The summed E-state index contributed by atoms with van der Waals surface area (Å²) in [5.41, 5.74) is 5.95. The van der Waals surface area contributed by atoms with E-state index >= 15 is 0 Å². The fourth-order valence-electron chi connectivity index (χ4n) is 3.25. The molecule has 2 heterocycles. The topological polar surface area (TPSA) is 21.1 Å². The predicted octanol–water partition coefficient (Wildman–Crippen LogP) is 3.59. The highest BCUT2D eigenvalue weighted by atomic mass is 15.2. The van der Waals surface area contributed by atoms with Crippen LogP contribution in [0.2, 0.25) is 0 Å². The molecular formula is C17H23N3. The molecule has 106 valence electrons. The van der Waals surface area contributed by atoms with Gasteiger partial charge in [0, 0.05) is 43.5 Å². The van der Waals surface area contributed by atoms with Gasteiger partial charge in [0.1, 0.15) is 0 Å². The van der Waals surface area contributed by atoms with E-state index in [0.717, 1.165) is 0 Å². The number of likely N-dealkylation sites (N-methyl/N-ethyl adjacent to an activating group) is 1. The lowest BCUT2D eigenvalue weighted by atomic mass is 9.95. The van der Waals surface area contributed by atoms with Crippen molar-refractivity contribution in [2.45, 2.75) is 32.1 Å². The predicted molar refractivity (Wildman–Crippen MR) is 84.2 cm³/mol. The SMILES string of the molecule is CC.CN1CC2(CC2)c2cc(-c3cnn(C)c3)ccc21. The van der Waals surface area contributed by atoms with Gasteiger partial charge < -0.3 is 4.90 Å². The Kier molecular flexibility index (Phi) is 3.08. The van der Waals surface area contributed by atoms with Crippen molar-refractivity contribution >= 4 is 5.69 Å². The van der Waals surface area contributed by atoms with Crippen molar-refractivity contribution in [1.29, 1.82) is 0 Å². The van der Waals surface area contributed by atoms with Crippen molar-refractivity contribution in [2.24, 2.45) is 7.05 Å². The number of rotatable bonds is 1. The molecule has 0 amide bonds. The van der Waals surface area contributed by atoms with Crippen LogP contribution in [0.5, 0.6) is 0 Å². The van der Waals surface area contributed by atoms with Crippen molar-refractivity contribution in [3.05, 3.63) is 36.2 Å². The van der Waals surface area contributed by atoms with Crippen LogP contribution in [0.4, 0.5) is 5.69 Å². The van der Waals surface area contributed by atoms with E-state index in [4.69, 9.17) is 0 Å². The number of benzene rings is 1. The Morgan fingerprint density at radius 3 is 2.45 bits per heavy atom. The third-order valence-electron chi connectivity index (χ3n) is 4.41. The zero-order chi connectivity index (χ0) is 14.3. The largest absolute Gasteiger partial charge is 0.373 e. The third-order valence-corrected chi connectivity index (χ3v) is 4.41. The van der Waals surface area contributed by atoms with Crippen molar-refractivity contribution in [3.63, 3.8) is 0 Å². The van der Waals surface area contributed by atoms with Gasteiger partial charge in [-0.05, 0) is 36.1 Å². The summed E-state index contributed by atoms with van der Waals surface area (Å²) < 4.78 is 1.86. The fraction of sp³-hybridized carbons (Fsp3) is 0.471. The average Bonchev–Trinajstić information content (AvgIpc) is 3.03. The Balaban J connectivity index is 0.000000581. The molecule has 0 bridgehead atoms. The maximum absolute atomic E-state index is 4.26. The van der Waals surface area contributed by atoms with E-state index in [2.05, 4.69) is 41.4 Å². The standard InChI is InChI=1S/C15H17N3.C2H6/c1-17-10-15(5-6-15)13-7-11(3-4-14(13)17)12-8-16-18(2)9-12;1-2/h3-4,7-9H,5-6,10H2,1-2H3;1-2H3. The summed E-state index contributed by atoms with van der Waals surface area (Å²) in [6.07, 6.45) is 6.72. The summed E-state index contributed by atoms with van der Waals surface area (Å²) >= 11 is 0. The minimum atomic E-state index is 0.475. The normalized spacial score (nSPS) is 17.7. The monoisotopic (exact) mass is 269 g/mol. The van der Waals surface area contributed by atoms with E-state index in [-0.39, 0.29) is 0 Å². The van der Waals surface area contributed by atoms with Gasteiger partial charge in [0.25, 0.3) is 0 Å². The van der Waals surface area contributed by atoms with Gasteiger partial charge in [0.15, 0.2) is 0 Å². The first-order valence-electron chi connectivity index (χ1n) is 7.53. The number of anilines is 1. The Bertz CT molecular complexity index is 623. The molecule has 0 radical (unpaired) electrons. The Hall–Kier alpha value is -1.77. The summed E-state index contributed by atoms with van der Waals surface area (Å²) in [5, 5.41) is 4.26. The molecule has 0 saturated heterocycles. The number of aryl methyl sites for hydroxylation is 1. The summed E-state index contributed by atoms with van der Waals surface area (Å²) in [5.74, 6) is 0. The molecule has 1 saturated carbocycles. The fourth-order valence-corrected chi connectivity index (χ4v) is 3.25. The second-order valence-corrected chi connectivity index (χ2v) is 5.77. The number of nitrogens with zero attached hydrogens (tertiary/aromatic N) is 3. The van der Waals surface area contributed by atoms with Crippen LogP contribution >= 0.6 is 0 Å². The zero-order valence-corrected chi connectivity index (χ0v) is 12.8. The minimum Gasteiger partial charge on any atom is -0.373 e. The van der Waals surface area contributed by atoms with Gasteiger partial charge in [-0.1, -0.05) is 19.9 Å². The number of hydrogen-bond acceptors (Lipinski definition) is 2. The van der Waals surface area contributed by atoms with Crippen molar-refractivity contribution in [2.75, 3.05) is 18.5 Å². The molecule has 1 spiro atoms. The smallest absolute Gasteiger partial charge is 0.0568 e. The molecule has 1 fully saturated rings. The molecule has 1 aromatic heterocycles. The quantitative estimate of drug-likeness (QED) is 0.789. The summed E-state index contributed by atoms with van der Waals surface area (Å²) in [7, 11) is 4.17. The number of aromatic nitrogens is 2. The average molecular weight is 269 g/mol. The number of hydrogen-bond donors (Lipinski definition) is 0. The first-order chi connectivity index (χ1) is 9.68. The van der Waals surface area contributed by atoms with Gasteiger partial charge in [0.2, 0.25) is 0 Å². The summed E-state index contributed by atoms with van der Waals surface area (Å²) in [6.45, 7) is 5.19. The van der Waals surface area contributed by atoms with E-state index in [9.17, 15) is 0 Å². The maximum atomic E-state index is 4.26. The van der Waals surface area contributed by atoms with Crippen LogP contribution in [-0.2, 0) is 12.5 Å². The summed E-state index contributed by atoms with van der Waals surface area (Å²) in [4.78, 5) is 2.40. The van der Waals surface area contributed by atoms with E-state index in [0.29, 0.717) is 5.41 Å². The minimum absolute atomic E-state index is 0.475. The molecule has 2 aromatic rings. The van der Waals surface area contributed by atoms with Crippen LogP contribution in [0, 0.1) is 0 Å². The number of fused-ring (bicyclic) bond motifs is 2. The van der Waals surface area contributed by atoms with Crippen LogP contribution in [0.15, 0.2) is 30.6 Å². The Morgan fingerprint density at radius 1 is 1.10 bits per heavy atom. The van der Waals surface area contributed by atoms with Crippen LogP contribution in [0.25, 0.3) is 11.1 Å². The van der Waals surface area contributed by atoms with Crippen LogP contribution < -0.4 is 4.90 Å². The molecule has 2 aliphatic rings. The van der Waals surface area contributed by atoms with Crippen LogP contribution in [-0.4, -0.2) is 23.4 Å². The molecule has 0 atom stereocenters. The van der Waals surface area contributed by atoms with Crippen LogP contribution in [0.3, 0.4) is 0 Å². The van der Waals surface area contributed by atoms with Gasteiger partial charge in [-0.3, -0.25) is 4.68 Å². The van der Waals surface area contributed by atoms with E-state index in [1.807, 2.05) is 31.8 Å². The lowest BCUT2D eigenvalue weighted by molar-refractivity contribution is 0.731. The highest BCUT2D eigenvalue weighted by Crippen LogP contribution is 2.56. The zero-order valence-electron chi connectivity index (χ0n) is 12.8. The molecule has 4 rings (SSSR count). The first-order valence-corrected chi connectivity index (χ1v) is 7.53. The molecule has 0 N–H and O–H groups in total. The molecule has 1 aromatic carbocycles. The second-order valence-electron chi connectivity index (χ2n) is 5.77. The van der Waals surface area contributed by atoms with E-state index < -0.39 is 0 Å². The second kappa shape index (κ2) is 4.65.